The fraction of sp³-hybridized carbons (Fsp3) is 0.240. The summed E-state index contributed by atoms with van der Waals surface area (Å²) in [6.07, 6.45) is 0. The summed E-state index contributed by atoms with van der Waals surface area (Å²) in [5.74, 6) is -0.0351. The Morgan fingerprint density at radius 3 is 2.57 bits per heavy atom. The van der Waals surface area contributed by atoms with Crippen molar-refractivity contribution < 1.29 is 9.59 Å². The highest BCUT2D eigenvalue weighted by molar-refractivity contribution is 7.21. The van der Waals surface area contributed by atoms with Crippen molar-refractivity contribution in [2.45, 2.75) is 6.54 Å². The second-order valence-electron chi connectivity index (χ2n) is 8.53. The Morgan fingerprint density at radius 2 is 1.83 bits per heavy atom. The quantitative estimate of drug-likeness (QED) is 0.363. The molecule has 3 heterocycles. The van der Waals surface area contributed by atoms with Crippen LogP contribution in [-0.2, 0) is 6.54 Å². The molecule has 0 saturated carbocycles. The number of H-pyrrole nitrogens is 1. The highest BCUT2D eigenvalue weighted by Crippen LogP contribution is 2.30. The number of carbonyl (C=O) groups is 2. The molecular formula is C25H25ClN6O2S. The number of rotatable bonds is 6. The predicted molar refractivity (Wildman–Crippen MR) is 141 cm³/mol. The van der Waals surface area contributed by atoms with Crippen LogP contribution in [0.1, 0.15) is 25.6 Å². The zero-order valence-corrected chi connectivity index (χ0v) is 20.7. The fourth-order valence-electron chi connectivity index (χ4n) is 4.00. The fourth-order valence-corrected chi connectivity index (χ4v) is 5.18. The summed E-state index contributed by atoms with van der Waals surface area (Å²) in [7, 11) is 2.13. The first-order valence-electron chi connectivity index (χ1n) is 11.3. The Morgan fingerprint density at radius 1 is 1.06 bits per heavy atom. The van der Waals surface area contributed by atoms with Gasteiger partial charge in [0.25, 0.3) is 11.8 Å². The first-order valence-corrected chi connectivity index (χ1v) is 12.5. The maximum Gasteiger partial charge on any atom is 0.261 e. The standard InChI is InChI=1S/C25H25ClN6O2S/c1-31-9-11-32(12-10-31)19-7-5-17(6-8-19)24(33)28-23-22-20(29-30-23)14-21(35-22)25(34)27-15-16-3-2-4-18(26)13-16/h2-8,13-14H,9-12,15H2,1H3,(H,27,34)(H2,28,29,30,33). The summed E-state index contributed by atoms with van der Waals surface area (Å²) in [6.45, 7) is 4.37. The lowest BCUT2D eigenvalue weighted by atomic mass is 10.1. The van der Waals surface area contributed by atoms with Crippen LogP contribution in [0.15, 0.2) is 54.6 Å². The summed E-state index contributed by atoms with van der Waals surface area (Å²) in [4.78, 5) is 30.6. The van der Waals surface area contributed by atoms with Gasteiger partial charge in [0.2, 0.25) is 0 Å². The van der Waals surface area contributed by atoms with Crippen LogP contribution in [0.4, 0.5) is 11.5 Å². The molecule has 0 radical (unpaired) electrons. The van der Waals surface area contributed by atoms with E-state index in [2.05, 4.69) is 37.7 Å². The van der Waals surface area contributed by atoms with E-state index in [4.69, 9.17) is 11.6 Å². The second-order valence-corrected chi connectivity index (χ2v) is 10.0. The van der Waals surface area contributed by atoms with Gasteiger partial charge >= 0.3 is 0 Å². The molecule has 0 bridgehead atoms. The number of amides is 2. The molecule has 2 amide bonds. The molecule has 10 heteroatoms. The molecule has 4 aromatic rings. The lowest BCUT2D eigenvalue weighted by molar-refractivity contribution is 0.0954. The molecule has 2 aromatic carbocycles. The van der Waals surface area contributed by atoms with E-state index in [-0.39, 0.29) is 11.8 Å². The van der Waals surface area contributed by atoms with Crippen molar-refractivity contribution in [3.05, 3.63) is 75.6 Å². The Labute approximate surface area is 211 Å². The van der Waals surface area contributed by atoms with Crippen LogP contribution < -0.4 is 15.5 Å². The van der Waals surface area contributed by atoms with Crippen molar-refractivity contribution in [3.63, 3.8) is 0 Å². The lowest BCUT2D eigenvalue weighted by Gasteiger charge is -2.34. The average Bonchev–Trinajstić information content (AvgIpc) is 3.45. The van der Waals surface area contributed by atoms with Gasteiger partial charge in [-0.2, -0.15) is 5.10 Å². The number of aromatic nitrogens is 2. The molecule has 0 aliphatic carbocycles. The van der Waals surface area contributed by atoms with Gasteiger partial charge in [0, 0.05) is 49.0 Å². The zero-order chi connectivity index (χ0) is 24.4. The van der Waals surface area contributed by atoms with E-state index in [1.165, 1.54) is 11.3 Å². The number of thiophene rings is 1. The number of hydrogen-bond donors (Lipinski definition) is 3. The number of benzene rings is 2. The van der Waals surface area contributed by atoms with Gasteiger partial charge in [-0.25, -0.2) is 0 Å². The number of carbonyl (C=O) groups excluding carboxylic acids is 2. The number of aromatic amines is 1. The van der Waals surface area contributed by atoms with E-state index in [0.29, 0.717) is 33.3 Å². The van der Waals surface area contributed by atoms with Gasteiger partial charge in [-0.1, -0.05) is 23.7 Å². The Hall–Kier alpha value is -3.40. The molecule has 8 nitrogen and oxygen atoms in total. The van der Waals surface area contributed by atoms with Crippen molar-refractivity contribution in [2.75, 3.05) is 43.4 Å². The third-order valence-corrected chi connectivity index (χ3v) is 7.41. The van der Waals surface area contributed by atoms with Crippen LogP contribution >= 0.6 is 22.9 Å². The summed E-state index contributed by atoms with van der Waals surface area (Å²) >= 11 is 7.29. The molecule has 35 heavy (non-hydrogen) atoms. The first-order chi connectivity index (χ1) is 17.0. The number of halogens is 1. The van der Waals surface area contributed by atoms with Crippen molar-refractivity contribution >= 4 is 56.5 Å². The SMILES string of the molecule is CN1CCN(c2ccc(C(=O)Nc3n[nH]c4cc(C(=O)NCc5cccc(Cl)c5)sc34)cc2)CC1. The van der Waals surface area contributed by atoms with Crippen molar-refractivity contribution in [1.82, 2.24) is 20.4 Å². The molecule has 0 atom stereocenters. The number of hydrogen-bond acceptors (Lipinski definition) is 6. The zero-order valence-electron chi connectivity index (χ0n) is 19.2. The highest BCUT2D eigenvalue weighted by atomic mass is 35.5. The molecule has 0 spiro atoms. The van der Waals surface area contributed by atoms with Crippen LogP contribution in [0.2, 0.25) is 5.02 Å². The van der Waals surface area contributed by atoms with Gasteiger partial charge in [0.1, 0.15) is 0 Å². The topological polar surface area (TPSA) is 93.4 Å². The summed E-state index contributed by atoms with van der Waals surface area (Å²) in [5, 5.41) is 13.5. The third kappa shape index (κ3) is 5.32. The van der Waals surface area contributed by atoms with Crippen LogP contribution in [0.3, 0.4) is 0 Å². The molecular weight excluding hydrogens is 484 g/mol. The van der Waals surface area contributed by atoms with Crippen molar-refractivity contribution in [3.8, 4) is 0 Å². The molecule has 180 valence electrons. The van der Waals surface area contributed by atoms with E-state index < -0.39 is 0 Å². The van der Waals surface area contributed by atoms with Crippen molar-refractivity contribution in [1.29, 1.82) is 0 Å². The van der Waals surface area contributed by atoms with Gasteiger partial charge < -0.3 is 20.4 Å². The highest BCUT2D eigenvalue weighted by Gasteiger charge is 2.18. The Bertz CT molecular complexity index is 1360. The number of piperazine rings is 1. The summed E-state index contributed by atoms with van der Waals surface area (Å²) < 4.78 is 0.723. The number of nitrogens with one attached hydrogen (secondary N) is 3. The first kappa shape index (κ1) is 23.3. The average molecular weight is 509 g/mol. The number of nitrogens with zero attached hydrogens (tertiary/aromatic N) is 3. The van der Waals surface area contributed by atoms with E-state index in [0.717, 1.165) is 42.1 Å². The Balaban J connectivity index is 1.23. The summed E-state index contributed by atoms with van der Waals surface area (Å²) in [6, 6.07) is 16.7. The number of anilines is 2. The molecule has 1 aliphatic heterocycles. The third-order valence-electron chi connectivity index (χ3n) is 6.03. The van der Waals surface area contributed by atoms with E-state index in [9.17, 15) is 9.59 Å². The predicted octanol–water partition coefficient (Wildman–Crippen LogP) is 4.21. The molecule has 1 saturated heterocycles. The molecule has 1 aliphatic rings. The number of fused-ring (bicyclic) bond motifs is 1. The van der Waals surface area contributed by atoms with Gasteiger partial charge in [-0.15, -0.1) is 11.3 Å². The van der Waals surface area contributed by atoms with Crippen molar-refractivity contribution in [2.24, 2.45) is 0 Å². The minimum atomic E-state index is -0.247. The van der Waals surface area contributed by atoms with Gasteiger partial charge in [-0.3, -0.25) is 14.7 Å². The largest absolute Gasteiger partial charge is 0.369 e. The molecule has 0 unspecified atom stereocenters. The lowest BCUT2D eigenvalue weighted by Crippen LogP contribution is -2.44. The Kier molecular flexibility index (Phi) is 6.72. The number of likely N-dealkylation sites (N-methyl/N-ethyl adjacent to an activating group) is 1. The molecule has 1 fully saturated rings. The van der Waals surface area contributed by atoms with E-state index in [1.54, 1.807) is 12.1 Å². The van der Waals surface area contributed by atoms with Gasteiger partial charge in [0.05, 0.1) is 15.1 Å². The van der Waals surface area contributed by atoms with E-state index >= 15 is 0 Å². The van der Waals surface area contributed by atoms with Crippen LogP contribution in [0.5, 0.6) is 0 Å². The maximum absolute atomic E-state index is 12.8. The molecule has 5 rings (SSSR count). The van der Waals surface area contributed by atoms with E-state index in [1.807, 2.05) is 42.5 Å². The minimum Gasteiger partial charge on any atom is -0.369 e. The van der Waals surface area contributed by atoms with Gasteiger partial charge in [0.15, 0.2) is 5.82 Å². The minimum absolute atomic E-state index is 0.198. The molecule has 2 aromatic heterocycles. The van der Waals surface area contributed by atoms with Crippen LogP contribution in [-0.4, -0.2) is 60.1 Å². The van der Waals surface area contributed by atoms with Gasteiger partial charge in [-0.05, 0) is 55.1 Å². The molecule has 3 N–H and O–H groups in total. The van der Waals surface area contributed by atoms with Crippen LogP contribution in [0, 0.1) is 0 Å². The van der Waals surface area contributed by atoms with Crippen LogP contribution in [0.25, 0.3) is 10.2 Å². The smallest absolute Gasteiger partial charge is 0.261 e. The second kappa shape index (κ2) is 10.1. The monoisotopic (exact) mass is 508 g/mol. The normalized spacial score (nSPS) is 14.3. The summed E-state index contributed by atoms with van der Waals surface area (Å²) in [5.41, 5.74) is 3.28. The maximum atomic E-state index is 12.8.